The maximum absolute atomic E-state index is 16.0. The lowest BCUT2D eigenvalue weighted by Gasteiger charge is -2.54. The van der Waals surface area contributed by atoms with Crippen LogP contribution in [0.15, 0.2) is 18.2 Å². The van der Waals surface area contributed by atoms with Gasteiger partial charge in [0.1, 0.15) is 11.9 Å². The third kappa shape index (κ3) is 7.01. The number of hydrogen-bond donors (Lipinski definition) is 2. The average Bonchev–Trinajstić information content (AvgIpc) is 3.28. The highest BCUT2D eigenvalue weighted by Crippen LogP contribution is 2.63. The van der Waals surface area contributed by atoms with E-state index in [1.54, 1.807) is 13.2 Å². The van der Waals surface area contributed by atoms with Gasteiger partial charge in [0.15, 0.2) is 0 Å². The van der Waals surface area contributed by atoms with Crippen LogP contribution in [0.5, 0.6) is 5.75 Å². The number of aromatic hydroxyl groups is 1. The number of phenolic OH excluding ortho intramolecular Hbond substituents is 1. The molecule has 1 aromatic carbocycles. The second kappa shape index (κ2) is 14.4. The fraction of sp³-hybridized carbons (Fsp3) is 0.806. The van der Waals surface area contributed by atoms with Crippen molar-refractivity contribution in [2.45, 2.75) is 128 Å². The number of amides is 1. The number of aliphatic hydroxyl groups excluding tert-OH is 1. The normalized spacial score (nSPS) is 32.7. The predicted octanol–water partition coefficient (Wildman–Crippen LogP) is 7.57. The van der Waals surface area contributed by atoms with Gasteiger partial charge in [0.2, 0.25) is 5.91 Å². The number of nitrogens with zero attached hydrogens (tertiary/aromatic N) is 1. The third-order valence-corrected chi connectivity index (χ3v) is 11.9. The van der Waals surface area contributed by atoms with Crippen molar-refractivity contribution in [2.75, 3.05) is 26.8 Å². The minimum atomic E-state index is -0.955. The first-order chi connectivity index (χ1) is 20.3. The van der Waals surface area contributed by atoms with Crippen molar-refractivity contribution in [3.8, 4) is 5.75 Å². The summed E-state index contributed by atoms with van der Waals surface area (Å²) in [4.78, 5) is 15.1. The van der Waals surface area contributed by atoms with E-state index in [4.69, 9.17) is 4.74 Å². The van der Waals surface area contributed by atoms with Crippen LogP contribution in [0, 0.1) is 29.1 Å². The number of benzene rings is 1. The van der Waals surface area contributed by atoms with Gasteiger partial charge in [-0.3, -0.25) is 4.79 Å². The maximum atomic E-state index is 16.0. The number of carbonyl (C=O) groups excluding carboxylic acids is 1. The highest BCUT2D eigenvalue weighted by atomic mass is 19.1. The summed E-state index contributed by atoms with van der Waals surface area (Å²) in [5.41, 5.74) is 1.88. The molecule has 1 aromatic rings. The van der Waals surface area contributed by atoms with Crippen LogP contribution in [0.2, 0.25) is 0 Å². The van der Waals surface area contributed by atoms with E-state index >= 15 is 4.39 Å². The molecule has 6 unspecified atom stereocenters. The number of phenols is 1. The van der Waals surface area contributed by atoms with Crippen molar-refractivity contribution in [3.63, 3.8) is 0 Å². The van der Waals surface area contributed by atoms with Gasteiger partial charge in [-0.05, 0) is 97.3 Å². The van der Waals surface area contributed by atoms with Gasteiger partial charge in [-0.2, -0.15) is 0 Å². The van der Waals surface area contributed by atoms with Crippen LogP contribution in [-0.4, -0.2) is 60.1 Å². The molecule has 3 fully saturated rings. The van der Waals surface area contributed by atoms with E-state index in [0.717, 1.165) is 81.4 Å². The van der Waals surface area contributed by atoms with Crippen LogP contribution in [-0.2, 0) is 16.0 Å². The first-order valence-electron chi connectivity index (χ1n) is 17.2. The molecule has 0 radical (unpaired) electrons. The largest absolute Gasteiger partial charge is 0.508 e. The van der Waals surface area contributed by atoms with Crippen LogP contribution in [0.3, 0.4) is 0 Å². The van der Waals surface area contributed by atoms with Gasteiger partial charge in [-0.1, -0.05) is 64.4 Å². The Morgan fingerprint density at radius 3 is 2.62 bits per heavy atom. The van der Waals surface area contributed by atoms with Gasteiger partial charge in [-0.25, -0.2) is 4.39 Å². The third-order valence-electron chi connectivity index (χ3n) is 11.9. The van der Waals surface area contributed by atoms with Gasteiger partial charge in [0, 0.05) is 32.5 Å². The van der Waals surface area contributed by atoms with E-state index in [2.05, 4.69) is 6.92 Å². The van der Waals surface area contributed by atoms with E-state index in [9.17, 15) is 15.0 Å². The van der Waals surface area contributed by atoms with E-state index in [0.29, 0.717) is 37.8 Å². The SMILES string of the molecule is COCCN(CCCCCCC1Cc2cc(O)ccc2C2C(F)C[C@]3(C)C(O)CCC3C12)C(=O)CCC1CCCCC1. The highest BCUT2D eigenvalue weighted by Gasteiger charge is 2.59. The summed E-state index contributed by atoms with van der Waals surface area (Å²) in [6, 6.07) is 5.55. The lowest BCUT2D eigenvalue weighted by Crippen LogP contribution is -2.51. The number of aliphatic hydroxyl groups is 1. The number of ether oxygens (including phenoxy) is 1. The number of halogens is 1. The Morgan fingerprint density at radius 2 is 1.83 bits per heavy atom. The summed E-state index contributed by atoms with van der Waals surface area (Å²) >= 11 is 0. The Bertz CT molecular complexity index is 1030. The highest BCUT2D eigenvalue weighted by molar-refractivity contribution is 5.76. The molecule has 0 bridgehead atoms. The summed E-state index contributed by atoms with van der Waals surface area (Å²) in [5.74, 6) is 2.13. The summed E-state index contributed by atoms with van der Waals surface area (Å²) in [7, 11) is 1.70. The number of alkyl halides is 1. The van der Waals surface area contributed by atoms with Crippen molar-refractivity contribution in [3.05, 3.63) is 29.3 Å². The van der Waals surface area contributed by atoms with Crippen molar-refractivity contribution >= 4 is 5.91 Å². The molecule has 0 saturated heterocycles. The molecule has 0 aromatic heterocycles. The fourth-order valence-electron chi connectivity index (χ4n) is 9.62. The van der Waals surface area contributed by atoms with Crippen LogP contribution in [0.4, 0.5) is 4.39 Å². The number of rotatable bonds is 13. The molecule has 4 aliphatic carbocycles. The van der Waals surface area contributed by atoms with Crippen molar-refractivity contribution in [2.24, 2.45) is 29.1 Å². The summed E-state index contributed by atoms with van der Waals surface area (Å²) < 4.78 is 21.3. The maximum Gasteiger partial charge on any atom is 0.222 e. The Hall–Kier alpha value is -1.66. The molecule has 6 heteroatoms. The molecule has 3 saturated carbocycles. The molecule has 0 heterocycles. The van der Waals surface area contributed by atoms with Crippen molar-refractivity contribution in [1.29, 1.82) is 0 Å². The molecule has 1 amide bonds. The lowest BCUT2D eigenvalue weighted by molar-refractivity contribution is -0.132. The molecule has 7 atom stereocenters. The Labute approximate surface area is 253 Å². The second-order valence-corrected chi connectivity index (χ2v) is 14.5. The van der Waals surface area contributed by atoms with Gasteiger partial charge >= 0.3 is 0 Å². The molecule has 5 rings (SSSR count). The van der Waals surface area contributed by atoms with Crippen LogP contribution in [0.1, 0.15) is 120 Å². The lowest BCUT2D eigenvalue weighted by atomic mass is 9.51. The molecule has 42 heavy (non-hydrogen) atoms. The number of unbranched alkanes of at least 4 members (excludes halogenated alkanes) is 3. The minimum Gasteiger partial charge on any atom is -0.508 e. The number of hydrogen-bond acceptors (Lipinski definition) is 4. The monoisotopic (exact) mass is 585 g/mol. The molecule has 4 aliphatic rings. The van der Waals surface area contributed by atoms with Crippen LogP contribution >= 0.6 is 0 Å². The molecular weight excluding hydrogens is 529 g/mol. The molecule has 0 spiro atoms. The quantitative estimate of drug-likeness (QED) is 0.234. The van der Waals surface area contributed by atoms with Crippen LogP contribution in [0.25, 0.3) is 0 Å². The van der Waals surface area contributed by atoms with Gasteiger partial charge in [-0.15, -0.1) is 0 Å². The summed E-state index contributed by atoms with van der Waals surface area (Å²) in [5, 5.41) is 21.1. The van der Waals surface area contributed by atoms with Gasteiger partial charge < -0.3 is 19.8 Å². The number of fused-ring (bicyclic) bond motifs is 5. The molecule has 236 valence electrons. The van der Waals surface area contributed by atoms with E-state index in [-0.39, 0.29) is 28.9 Å². The van der Waals surface area contributed by atoms with Crippen LogP contribution < -0.4 is 0 Å². The Kier molecular flexibility index (Phi) is 10.9. The standard InChI is InChI=1S/C36H56FNO4/c1-36-24-31(37)35-29-15-14-28(39)23-27(29)22-26(34(35)30(36)16-17-32(36)40)12-8-3-4-9-19-38(20-21-42-2)33(41)18-13-25-10-6-5-7-11-25/h14-15,23,25-26,30-32,34-35,39-40H,3-13,16-22,24H2,1-2H3/t26?,30?,31?,32?,34?,35?,36-/m0/s1. The number of carbonyl (C=O) groups is 1. The van der Waals surface area contributed by atoms with E-state index in [1.165, 1.54) is 32.1 Å². The van der Waals surface area contributed by atoms with Gasteiger partial charge in [0.05, 0.1) is 12.7 Å². The smallest absolute Gasteiger partial charge is 0.222 e. The first kappa shape index (κ1) is 31.8. The topological polar surface area (TPSA) is 70.0 Å². The predicted molar refractivity (Wildman–Crippen MR) is 165 cm³/mol. The number of methoxy groups -OCH3 is 1. The second-order valence-electron chi connectivity index (χ2n) is 14.5. The van der Waals surface area contributed by atoms with Crippen molar-refractivity contribution < 1.29 is 24.1 Å². The first-order valence-corrected chi connectivity index (χ1v) is 17.2. The minimum absolute atomic E-state index is 0.128. The summed E-state index contributed by atoms with van der Waals surface area (Å²) in [6.45, 7) is 4.19. The zero-order valence-electron chi connectivity index (χ0n) is 26.2. The fourth-order valence-corrected chi connectivity index (χ4v) is 9.62. The van der Waals surface area contributed by atoms with Crippen molar-refractivity contribution in [1.82, 2.24) is 4.90 Å². The zero-order valence-corrected chi connectivity index (χ0v) is 26.2. The average molecular weight is 586 g/mol. The molecule has 5 nitrogen and oxygen atoms in total. The Balaban J connectivity index is 1.14. The van der Waals surface area contributed by atoms with E-state index in [1.807, 2.05) is 17.0 Å². The van der Waals surface area contributed by atoms with E-state index < -0.39 is 12.3 Å². The molecular formula is C36H56FNO4. The molecule has 0 aliphatic heterocycles. The van der Waals surface area contributed by atoms with Gasteiger partial charge in [0.25, 0.3) is 0 Å². The zero-order chi connectivity index (χ0) is 29.7. The Morgan fingerprint density at radius 1 is 1.05 bits per heavy atom. The molecule has 2 N–H and O–H groups in total. The summed E-state index contributed by atoms with van der Waals surface area (Å²) in [6.07, 6.45) is 15.3.